The Morgan fingerprint density at radius 2 is 2.20 bits per heavy atom. The summed E-state index contributed by atoms with van der Waals surface area (Å²) in [7, 11) is 2.05. The third kappa shape index (κ3) is 3.40. The van der Waals surface area contributed by atoms with E-state index in [2.05, 4.69) is 15.5 Å². The van der Waals surface area contributed by atoms with Crippen molar-refractivity contribution in [1.82, 2.24) is 15.5 Å². The number of carbonyl (C=O) groups excluding carboxylic acids is 1. The first-order valence-electron chi connectivity index (χ1n) is 7.04. The van der Waals surface area contributed by atoms with Gasteiger partial charge in [-0.15, -0.1) is 0 Å². The van der Waals surface area contributed by atoms with Crippen molar-refractivity contribution in [3.63, 3.8) is 0 Å². The van der Waals surface area contributed by atoms with Gasteiger partial charge >= 0.3 is 12.0 Å². The van der Waals surface area contributed by atoms with Gasteiger partial charge in [0.05, 0.1) is 6.61 Å². The van der Waals surface area contributed by atoms with E-state index >= 15 is 0 Å². The topological polar surface area (TPSA) is 90.9 Å². The summed E-state index contributed by atoms with van der Waals surface area (Å²) in [6.45, 7) is 2.92. The quantitative estimate of drug-likeness (QED) is 0.639. The van der Waals surface area contributed by atoms with Crippen LogP contribution in [0.5, 0.6) is 0 Å². The summed E-state index contributed by atoms with van der Waals surface area (Å²) < 4.78 is 5.09. The third-order valence-corrected chi connectivity index (χ3v) is 4.16. The van der Waals surface area contributed by atoms with Crippen LogP contribution in [0.15, 0.2) is 0 Å². The van der Waals surface area contributed by atoms with E-state index in [4.69, 9.17) is 4.74 Å². The van der Waals surface area contributed by atoms with E-state index in [1.807, 2.05) is 14.0 Å². The van der Waals surface area contributed by atoms with Crippen molar-refractivity contribution in [2.45, 2.75) is 43.8 Å². The summed E-state index contributed by atoms with van der Waals surface area (Å²) in [4.78, 5) is 25.4. The largest absolute Gasteiger partial charge is 0.479 e. The average molecular weight is 285 g/mol. The number of urea groups is 1. The molecule has 2 unspecified atom stereocenters. The Morgan fingerprint density at radius 1 is 1.50 bits per heavy atom. The first-order chi connectivity index (χ1) is 9.44. The first kappa shape index (κ1) is 15.1. The minimum atomic E-state index is -1.28. The highest BCUT2D eigenvalue weighted by molar-refractivity contribution is 5.86. The SMILES string of the molecule is CC(CNC(=O)NC1(C(=O)O)CCOC1)N(C)C1CC1. The maximum Gasteiger partial charge on any atom is 0.332 e. The molecule has 0 spiro atoms. The van der Waals surface area contributed by atoms with E-state index in [0.717, 1.165) is 0 Å². The molecule has 1 heterocycles. The van der Waals surface area contributed by atoms with Crippen LogP contribution in [0.3, 0.4) is 0 Å². The van der Waals surface area contributed by atoms with Gasteiger partial charge in [0.15, 0.2) is 5.54 Å². The van der Waals surface area contributed by atoms with Gasteiger partial charge in [-0.1, -0.05) is 0 Å². The smallest absolute Gasteiger partial charge is 0.332 e. The monoisotopic (exact) mass is 285 g/mol. The molecule has 0 radical (unpaired) electrons. The summed E-state index contributed by atoms with van der Waals surface area (Å²) in [5.41, 5.74) is -1.28. The van der Waals surface area contributed by atoms with Gasteiger partial charge in [-0.05, 0) is 26.8 Å². The van der Waals surface area contributed by atoms with E-state index in [1.165, 1.54) is 12.8 Å². The maximum atomic E-state index is 11.9. The standard InChI is InChI=1S/C13H23N3O4/c1-9(16(2)10-3-4-10)7-14-12(19)15-13(11(17)18)5-6-20-8-13/h9-10H,3-8H2,1-2H3,(H,17,18)(H2,14,15,19). The van der Waals surface area contributed by atoms with Gasteiger partial charge in [-0.2, -0.15) is 0 Å². The summed E-state index contributed by atoms with van der Waals surface area (Å²) in [6.07, 6.45) is 2.73. The molecule has 7 heteroatoms. The number of nitrogens with one attached hydrogen (secondary N) is 2. The second-order valence-electron chi connectivity index (χ2n) is 5.77. The predicted molar refractivity (Wildman–Crippen MR) is 72.6 cm³/mol. The van der Waals surface area contributed by atoms with Crippen molar-refractivity contribution < 1.29 is 19.4 Å². The van der Waals surface area contributed by atoms with Gasteiger partial charge in [-0.25, -0.2) is 9.59 Å². The molecule has 0 aromatic heterocycles. The van der Waals surface area contributed by atoms with E-state index in [1.54, 1.807) is 0 Å². The summed E-state index contributed by atoms with van der Waals surface area (Å²) in [6, 6.07) is 0.409. The molecule has 2 rings (SSSR count). The second-order valence-corrected chi connectivity index (χ2v) is 5.77. The fourth-order valence-corrected chi connectivity index (χ4v) is 2.37. The molecular weight excluding hydrogens is 262 g/mol. The number of amides is 2. The van der Waals surface area contributed by atoms with Gasteiger partial charge in [0.25, 0.3) is 0 Å². The van der Waals surface area contributed by atoms with Crippen molar-refractivity contribution in [3.05, 3.63) is 0 Å². The Kier molecular flexibility index (Phi) is 4.49. The zero-order chi connectivity index (χ0) is 14.8. The van der Waals surface area contributed by atoms with Crippen LogP contribution in [-0.2, 0) is 9.53 Å². The number of hydrogen-bond acceptors (Lipinski definition) is 4. The number of aliphatic carboxylic acids is 1. The summed E-state index contributed by atoms with van der Waals surface area (Å²) in [5.74, 6) is -1.05. The lowest BCUT2D eigenvalue weighted by molar-refractivity contribution is -0.144. The number of carboxylic acid groups (broad SMARTS) is 1. The number of likely N-dealkylation sites (N-methyl/N-ethyl adjacent to an activating group) is 1. The van der Waals surface area contributed by atoms with Crippen LogP contribution in [0, 0.1) is 0 Å². The number of ether oxygens (including phenoxy) is 1. The number of carbonyl (C=O) groups is 2. The molecular formula is C13H23N3O4. The van der Waals surface area contributed by atoms with E-state index < -0.39 is 17.5 Å². The number of hydrogen-bond donors (Lipinski definition) is 3. The highest BCUT2D eigenvalue weighted by atomic mass is 16.5. The van der Waals surface area contributed by atoms with Crippen molar-refractivity contribution >= 4 is 12.0 Å². The van der Waals surface area contributed by atoms with Crippen LogP contribution < -0.4 is 10.6 Å². The van der Waals surface area contributed by atoms with Crippen LogP contribution in [0.1, 0.15) is 26.2 Å². The minimum absolute atomic E-state index is 0.0211. The highest BCUT2D eigenvalue weighted by Crippen LogP contribution is 2.26. The van der Waals surface area contributed by atoms with Gasteiger partial charge in [-0.3, -0.25) is 4.90 Å². The molecule has 0 aromatic carbocycles. The van der Waals surface area contributed by atoms with Crippen LogP contribution in [-0.4, -0.2) is 66.4 Å². The molecule has 0 bridgehead atoms. The molecule has 0 aromatic rings. The van der Waals surface area contributed by atoms with Gasteiger partial charge < -0.3 is 20.5 Å². The zero-order valence-electron chi connectivity index (χ0n) is 12.0. The van der Waals surface area contributed by atoms with Crippen molar-refractivity contribution in [2.24, 2.45) is 0 Å². The Hall–Kier alpha value is -1.34. The lowest BCUT2D eigenvalue weighted by Crippen LogP contribution is -2.58. The van der Waals surface area contributed by atoms with Gasteiger partial charge in [0.2, 0.25) is 0 Å². The number of carboxylic acids is 1. The van der Waals surface area contributed by atoms with Crippen molar-refractivity contribution in [3.8, 4) is 0 Å². The molecule has 7 nitrogen and oxygen atoms in total. The Bertz CT molecular complexity index is 378. The van der Waals surface area contributed by atoms with Crippen molar-refractivity contribution in [2.75, 3.05) is 26.8 Å². The minimum Gasteiger partial charge on any atom is -0.479 e. The summed E-state index contributed by atoms with van der Waals surface area (Å²) >= 11 is 0. The van der Waals surface area contributed by atoms with Crippen LogP contribution >= 0.6 is 0 Å². The molecule has 2 aliphatic rings. The molecule has 2 atom stereocenters. The Labute approximate surface area is 118 Å². The Balaban J connectivity index is 1.78. The molecule has 1 saturated heterocycles. The van der Waals surface area contributed by atoms with Crippen LogP contribution in [0.2, 0.25) is 0 Å². The maximum absolute atomic E-state index is 11.9. The molecule has 1 saturated carbocycles. The number of nitrogens with zero attached hydrogens (tertiary/aromatic N) is 1. The fourth-order valence-electron chi connectivity index (χ4n) is 2.37. The van der Waals surface area contributed by atoms with Gasteiger partial charge in [0, 0.05) is 31.7 Å². The predicted octanol–water partition coefficient (Wildman–Crippen LogP) is 0.0120. The van der Waals surface area contributed by atoms with Crippen molar-refractivity contribution in [1.29, 1.82) is 0 Å². The fraction of sp³-hybridized carbons (Fsp3) is 0.846. The van der Waals surface area contributed by atoms with Gasteiger partial charge in [0.1, 0.15) is 0 Å². The molecule has 114 valence electrons. The van der Waals surface area contributed by atoms with E-state index in [-0.39, 0.29) is 12.6 Å². The molecule has 1 aliphatic carbocycles. The Morgan fingerprint density at radius 3 is 2.70 bits per heavy atom. The molecule has 1 aliphatic heterocycles. The normalized spacial score (nSPS) is 27.4. The van der Waals surface area contributed by atoms with Crippen LogP contribution in [0.25, 0.3) is 0 Å². The molecule has 2 fully saturated rings. The molecule has 2 amide bonds. The molecule has 3 N–H and O–H groups in total. The number of rotatable bonds is 6. The third-order valence-electron chi connectivity index (χ3n) is 4.16. The lowest BCUT2D eigenvalue weighted by Gasteiger charge is -2.27. The molecule has 20 heavy (non-hydrogen) atoms. The van der Waals surface area contributed by atoms with E-state index in [0.29, 0.717) is 25.6 Å². The average Bonchev–Trinajstić information content (AvgIpc) is 3.15. The summed E-state index contributed by atoms with van der Waals surface area (Å²) in [5, 5.41) is 14.5. The van der Waals surface area contributed by atoms with Crippen LogP contribution in [0.4, 0.5) is 4.79 Å². The first-order valence-corrected chi connectivity index (χ1v) is 7.04. The van der Waals surface area contributed by atoms with E-state index in [9.17, 15) is 14.7 Å². The second kappa shape index (κ2) is 5.97. The zero-order valence-corrected chi connectivity index (χ0v) is 12.0. The lowest BCUT2D eigenvalue weighted by atomic mass is 9.99. The highest BCUT2D eigenvalue weighted by Gasteiger charge is 2.44.